The Bertz CT molecular complexity index is 172. The maximum atomic E-state index is 11.2. The van der Waals surface area contributed by atoms with Crippen molar-refractivity contribution >= 4 is 18.5 Å². The number of hydrogen-bond donors (Lipinski definition) is 1. The van der Waals surface area contributed by atoms with Gasteiger partial charge < -0.3 is 9.80 Å². The van der Waals surface area contributed by atoms with E-state index in [-0.39, 0.29) is 5.91 Å². The van der Waals surface area contributed by atoms with Crippen LogP contribution in [0.1, 0.15) is 6.42 Å². The Kier molecular flexibility index (Phi) is 3.40. The Hall–Kier alpha value is -0.220. The van der Waals surface area contributed by atoms with E-state index < -0.39 is 0 Å². The van der Waals surface area contributed by atoms with Crippen molar-refractivity contribution in [3.8, 4) is 0 Å². The Labute approximate surface area is 79.1 Å². The first-order valence-corrected chi connectivity index (χ1v) is 4.83. The highest BCUT2D eigenvalue weighted by Gasteiger charge is 2.26. The number of rotatable bonds is 2. The summed E-state index contributed by atoms with van der Waals surface area (Å²) in [5.74, 6) is 0.489. The monoisotopic (exact) mass is 188 g/mol. The second-order valence-electron chi connectivity index (χ2n) is 3.40. The number of likely N-dealkylation sites (N-methyl/N-ethyl adjacent to an activating group) is 1. The van der Waals surface area contributed by atoms with Gasteiger partial charge >= 0.3 is 0 Å². The van der Waals surface area contributed by atoms with Crippen molar-refractivity contribution in [1.82, 2.24) is 9.80 Å². The second kappa shape index (κ2) is 4.14. The van der Waals surface area contributed by atoms with E-state index in [0.29, 0.717) is 11.8 Å². The molecule has 0 saturated carbocycles. The molecule has 70 valence electrons. The highest BCUT2D eigenvalue weighted by molar-refractivity contribution is 7.81. The Morgan fingerprint density at radius 2 is 2.33 bits per heavy atom. The molecule has 0 aliphatic carbocycles. The third-order valence-corrected chi connectivity index (χ3v) is 2.65. The Balaban J connectivity index is 2.40. The van der Waals surface area contributed by atoms with Gasteiger partial charge in [0.25, 0.3) is 0 Å². The van der Waals surface area contributed by atoms with Crippen LogP contribution in [-0.2, 0) is 4.79 Å². The van der Waals surface area contributed by atoms with Crippen molar-refractivity contribution < 1.29 is 4.79 Å². The lowest BCUT2D eigenvalue weighted by Crippen LogP contribution is -2.35. The van der Waals surface area contributed by atoms with Crippen molar-refractivity contribution in [3.63, 3.8) is 0 Å². The van der Waals surface area contributed by atoms with Crippen LogP contribution in [0.2, 0.25) is 0 Å². The van der Waals surface area contributed by atoms with E-state index in [9.17, 15) is 4.79 Å². The quantitative estimate of drug-likeness (QED) is 0.620. The van der Waals surface area contributed by atoms with Gasteiger partial charge in [0.2, 0.25) is 5.91 Å². The summed E-state index contributed by atoms with van der Waals surface area (Å²) < 4.78 is 0. The van der Waals surface area contributed by atoms with Crippen LogP contribution >= 0.6 is 12.6 Å². The molecule has 0 aromatic heterocycles. The molecule has 1 aliphatic heterocycles. The highest BCUT2D eigenvalue weighted by Crippen LogP contribution is 2.13. The van der Waals surface area contributed by atoms with Crippen LogP contribution < -0.4 is 0 Å². The number of amides is 1. The van der Waals surface area contributed by atoms with E-state index in [1.807, 2.05) is 4.90 Å². The van der Waals surface area contributed by atoms with Crippen molar-refractivity contribution in [2.45, 2.75) is 12.5 Å². The molecule has 12 heavy (non-hydrogen) atoms. The largest absolute Gasteiger partial charge is 0.340 e. The minimum Gasteiger partial charge on any atom is -0.340 e. The molecule has 0 radical (unpaired) electrons. The van der Waals surface area contributed by atoms with Gasteiger partial charge in [-0.15, -0.1) is 0 Å². The van der Waals surface area contributed by atoms with Gasteiger partial charge in [-0.05, 0) is 20.5 Å². The first-order chi connectivity index (χ1) is 5.65. The summed E-state index contributed by atoms with van der Waals surface area (Å²) in [5, 5.41) is 0. The summed E-state index contributed by atoms with van der Waals surface area (Å²) in [6, 6.07) is 0.536. The number of carbonyl (C=O) groups excluding carboxylic acids is 1. The van der Waals surface area contributed by atoms with Crippen molar-refractivity contribution in [3.05, 3.63) is 0 Å². The molecule has 1 aliphatic rings. The maximum Gasteiger partial charge on any atom is 0.232 e. The molecule has 1 rings (SSSR count). The zero-order valence-electron chi connectivity index (χ0n) is 7.66. The van der Waals surface area contributed by atoms with E-state index in [1.165, 1.54) is 0 Å². The predicted molar refractivity (Wildman–Crippen MR) is 52.5 cm³/mol. The number of thiol groups is 1. The molecule has 1 fully saturated rings. The Morgan fingerprint density at radius 1 is 1.67 bits per heavy atom. The SMILES string of the molecule is CN(C)C1CCN(C(=O)CS)C1. The molecule has 1 heterocycles. The molecule has 0 aromatic carbocycles. The van der Waals surface area contributed by atoms with Gasteiger partial charge in [0.1, 0.15) is 0 Å². The fraction of sp³-hybridized carbons (Fsp3) is 0.875. The predicted octanol–water partition coefficient (Wildman–Crippen LogP) is 0.0787. The number of hydrogen-bond acceptors (Lipinski definition) is 3. The first kappa shape index (κ1) is 9.86. The van der Waals surface area contributed by atoms with Gasteiger partial charge in [0.05, 0.1) is 5.75 Å². The van der Waals surface area contributed by atoms with Gasteiger partial charge in [0.15, 0.2) is 0 Å². The average molecular weight is 188 g/mol. The summed E-state index contributed by atoms with van der Waals surface area (Å²) >= 11 is 3.97. The van der Waals surface area contributed by atoms with E-state index in [1.54, 1.807) is 0 Å². The van der Waals surface area contributed by atoms with Crippen molar-refractivity contribution in [2.24, 2.45) is 0 Å². The normalized spacial score (nSPS) is 23.7. The van der Waals surface area contributed by atoms with Crippen LogP contribution in [0.3, 0.4) is 0 Å². The summed E-state index contributed by atoms with van der Waals surface area (Å²) in [7, 11) is 4.11. The molecule has 0 spiro atoms. The van der Waals surface area contributed by atoms with Gasteiger partial charge in [-0.25, -0.2) is 0 Å². The van der Waals surface area contributed by atoms with Gasteiger partial charge in [-0.3, -0.25) is 4.79 Å². The van der Waals surface area contributed by atoms with Gasteiger partial charge in [-0.1, -0.05) is 0 Å². The molecule has 0 aromatic rings. The molecule has 1 unspecified atom stereocenters. The molecule has 4 heteroatoms. The molecule has 1 saturated heterocycles. The fourth-order valence-electron chi connectivity index (χ4n) is 1.49. The van der Waals surface area contributed by atoms with Crippen molar-refractivity contribution in [1.29, 1.82) is 0 Å². The van der Waals surface area contributed by atoms with E-state index in [0.717, 1.165) is 19.5 Å². The molecular weight excluding hydrogens is 172 g/mol. The maximum absolute atomic E-state index is 11.2. The van der Waals surface area contributed by atoms with Crippen LogP contribution in [0.15, 0.2) is 0 Å². The zero-order chi connectivity index (χ0) is 9.14. The van der Waals surface area contributed by atoms with E-state index >= 15 is 0 Å². The van der Waals surface area contributed by atoms with E-state index in [2.05, 4.69) is 31.6 Å². The van der Waals surface area contributed by atoms with Crippen LogP contribution in [0.25, 0.3) is 0 Å². The summed E-state index contributed by atoms with van der Waals surface area (Å²) in [5.41, 5.74) is 0. The second-order valence-corrected chi connectivity index (χ2v) is 3.72. The lowest BCUT2D eigenvalue weighted by Gasteiger charge is -2.19. The third kappa shape index (κ3) is 2.14. The number of nitrogens with zero attached hydrogens (tertiary/aromatic N) is 2. The summed E-state index contributed by atoms with van der Waals surface area (Å²) in [6.45, 7) is 1.76. The summed E-state index contributed by atoms with van der Waals surface area (Å²) in [6.07, 6.45) is 1.09. The molecular formula is C8H16N2OS. The minimum absolute atomic E-state index is 0.155. The molecule has 1 atom stereocenters. The van der Waals surface area contributed by atoms with Gasteiger partial charge in [0, 0.05) is 19.1 Å². The van der Waals surface area contributed by atoms with Crippen LogP contribution in [0.5, 0.6) is 0 Å². The smallest absolute Gasteiger partial charge is 0.232 e. The summed E-state index contributed by atoms with van der Waals surface area (Å²) in [4.78, 5) is 15.3. The van der Waals surface area contributed by atoms with E-state index in [4.69, 9.17) is 0 Å². The average Bonchev–Trinajstić information content (AvgIpc) is 2.51. The minimum atomic E-state index is 0.155. The third-order valence-electron chi connectivity index (χ3n) is 2.38. The molecule has 3 nitrogen and oxygen atoms in total. The zero-order valence-corrected chi connectivity index (χ0v) is 8.55. The van der Waals surface area contributed by atoms with Crippen LogP contribution in [0.4, 0.5) is 0 Å². The van der Waals surface area contributed by atoms with Crippen LogP contribution in [-0.4, -0.2) is 54.7 Å². The number of likely N-dealkylation sites (tertiary alicyclic amines) is 1. The van der Waals surface area contributed by atoms with Crippen LogP contribution in [0, 0.1) is 0 Å². The molecule has 0 bridgehead atoms. The standard InChI is InChI=1S/C8H16N2OS/c1-9(2)7-3-4-10(5-7)8(11)6-12/h7,12H,3-6H2,1-2H3. The lowest BCUT2D eigenvalue weighted by atomic mass is 10.2. The van der Waals surface area contributed by atoms with Crippen molar-refractivity contribution in [2.75, 3.05) is 32.9 Å². The number of carbonyl (C=O) groups is 1. The highest BCUT2D eigenvalue weighted by atomic mass is 32.1. The lowest BCUT2D eigenvalue weighted by molar-refractivity contribution is -0.127. The Morgan fingerprint density at radius 3 is 2.75 bits per heavy atom. The fourth-order valence-corrected chi connectivity index (χ4v) is 1.69. The molecule has 0 N–H and O–H groups in total. The topological polar surface area (TPSA) is 23.6 Å². The first-order valence-electron chi connectivity index (χ1n) is 4.20. The van der Waals surface area contributed by atoms with Gasteiger partial charge in [-0.2, -0.15) is 12.6 Å². The molecule has 1 amide bonds.